The molecule has 1 fully saturated rings. The summed E-state index contributed by atoms with van der Waals surface area (Å²) in [5.74, 6) is 0.0420. The van der Waals surface area contributed by atoms with Crippen LogP contribution < -0.4 is 20.9 Å². The number of aromatic nitrogens is 5. The van der Waals surface area contributed by atoms with Crippen LogP contribution in [0, 0.1) is 0 Å². The SMILES string of the molecule is COc1nc(-c2cccc(-c3cccc(Nc4nc(C(F)(F)F)cc5cnn(C)c(=O)c45)c3Cl)c2Cl)cnc1CNC1CCOCC1. The van der Waals surface area contributed by atoms with Crippen molar-refractivity contribution in [1.82, 2.24) is 30.0 Å². The summed E-state index contributed by atoms with van der Waals surface area (Å²) in [5, 5.41) is 10.5. The van der Waals surface area contributed by atoms with E-state index in [1.54, 1.807) is 42.6 Å². The lowest BCUT2D eigenvalue weighted by Gasteiger charge is -2.23. The van der Waals surface area contributed by atoms with Gasteiger partial charge in [-0.25, -0.2) is 14.6 Å². The maximum Gasteiger partial charge on any atom is 0.433 e. The number of anilines is 2. The van der Waals surface area contributed by atoms with Crippen LogP contribution in [0.15, 0.2) is 59.7 Å². The number of fused-ring (bicyclic) bond motifs is 1. The highest BCUT2D eigenvalue weighted by Gasteiger charge is 2.34. The third kappa shape index (κ3) is 6.75. The molecule has 1 aliphatic rings. The molecule has 47 heavy (non-hydrogen) atoms. The molecule has 3 aromatic heterocycles. The Morgan fingerprint density at radius 3 is 2.45 bits per heavy atom. The van der Waals surface area contributed by atoms with Crippen LogP contribution >= 0.6 is 23.2 Å². The monoisotopic (exact) mass is 685 g/mol. The Kier molecular flexibility index (Phi) is 9.33. The summed E-state index contributed by atoms with van der Waals surface area (Å²) < 4.78 is 53.2. The van der Waals surface area contributed by atoms with E-state index in [1.807, 2.05) is 0 Å². The van der Waals surface area contributed by atoms with Gasteiger partial charge in [0.25, 0.3) is 5.56 Å². The molecule has 0 saturated carbocycles. The Morgan fingerprint density at radius 2 is 1.72 bits per heavy atom. The van der Waals surface area contributed by atoms with Crippen molar-refractivity contribution in [2.24, 2.45) is 7.05 Å². The third-order valence-electron chi connectivity index (χ3n) is 7.82. The van der Waals surface area contributed by atoms with Gasteiger partial charge in [-0.2, -0.15) is 18.3 Å². The second-order valence-electron chi connectivity index (χ2n) is 10.8. The Bertz CT molecular complexity index is 2020. The first-order valence-corrected chi connectivity index (χ1v) is 15.3. The number of methoxy groups -OCH3 is 1. The van der Waals surface area contributed by atoms with E-state index < -0.39 is 17.4 Å². The summed E-state index contributed by atoms with van der Waals surface area (Å²) in [6.07, 6.45) is -0.142. The highest BCUT2D eigenvalue weighted by atomic mass is 35.5. The fraction of sp³-hybridized carbons (Fsp3) is 0.281. The molecular weight excluding hydrogens is 658 g/mol. The number of hydrogen-bond donors (Lipinski definition) is 2. The number of benzene rings is 2. The quantitative estimate of drug-likeness (QED) is 0.182. The van der Waals surface area contributed by atoms with E-state index in [9.17, 15) is 18.0 Å². The van der Waals surface area contributed by atoms with Gasteiger partial charge >= 0.3 is 6.18 Å². The summed E-state index contributed by atoms with van der Waals surface area (Å²) in [4.78, 5) is 25.9. The molecule has 244 valence electrons. The molecular formula is C32H28Cl2F3N7O3. The van der Waals surface area contributed by atoms with Gasteiger partial charge in [0.05, 0.1) is 46.3 Å². The average Bonchev–Trinajstić information content (AvgIpc) is 3.06. The molecule has 0 spiro atoms. The maximum absolute atomic E-state index is 13.7. The number of rotatable bonds is 8. The van der Waals surface area contributed by atoms with Crippen LogP contribution in [0.25, 0.3) is 33.2 Å². The van der Waals surface area contributed by atoms with Crippen molar-refractivity contribution in [3.8, 4) is 28.3 Å². The summed E-state index contributed by atoms with van der Waals surface area (Å²) in [7, 11) is 2.92. The topological polar surface area (TPSA) is 116 Å². The molecule has 0 bridgehead atoms. The van der Waals surface area contributed by atoms with Crippen molar-refractivity contribution < 1.29 is 22.6 Å². The molecule has 0 aliphatic carbocycles. The van der Waals surface area contributed by atoms with Crippen LogP contribution in [0.5, 0.6) is 5.88 Å². The predicted octanol–water partition coefficient (Wildman–Crippen LogP) is 6.80. The van der Waals surface area contributed by atoms with E-state index in [0.717, 1.165) is 23.6 Å². The molecule has 15 heteroatoms. The molecule has 0 amide bonds. The minimum absolute atomic E-state index is 0.0251. The zero-order valence-corrected chi connectivity index (χ0v) is 26.7. The van der Waals surface area contributed by atoms with Crippen molar-refractivity contribution in [2.75, 3.05) is 25.6 Å². The van der Waals surface area contributed by atoms with Crippen LogP contribution in [0.4, 0.5) is 24.7 Å². The largest absolute Gasteiger partial charge is 0.480 e. The van der Waals surface area contributed by atoms with E-state index in [2.05, 4.69) is 30.7 Å². The fourth-order valence-electron chi connectivity index (χ4n) is 5.35. The normalized spacial score (nSPS) is 14.0. The lowest BCUT2D eigenvalue weighted by atomic mass is 10.0. The van der Waals surface area contributed by atoms with Gasteiger partial charge in [-0.05, 0) is 25.0 Å². The Balaban J connectivity index is 1.34. The van der Waals surface area contributed by atoms with Gasteiger partial charge < -0.3 is 20.1 Å². The van der Waals surface area contributed by atoms with Gasteiger partial charge in [0, 0.05) is 54.9 Å². The van der Waals surface area contributed by atoms with Gasteiger partial charge in [0.15, 0.2) is 0 Å². The smallest absolute Gasteiger partial charge is 0.433 e. The van der Waals surface area contributed by atoms with Crippen molar-refractivity contribution in [1.29, 1.82) is 0 Å². The highest BCUT2D eigenvalue weighted by Crippen LogP contribution is 2.42. The molecule has 0 radical (unpaired) electrons. The van der Waals surface area contributed by atoms with Crippen molar-refractivity contribution >= 4 is 45.5 Å². The fourth-order valence-corrected chi connectivity index (χ4v) is 5.95. The van der Waals surface area contributed by atoms with E-state index >= 15 is 0 Å². The Labute approximate surface area is 276 Å². The first-order chi connectivity index (χ1) is 22.5. The van der Waals surface area contributed by atoms with E-state index in [-0.39, 0.29) is 27.3 Å². The molecule has 1 saturated heterocycles. The molecule has 10 nitrogen and oxygen atoms in total. The number of nitrogens with zero attached hydrogens (tertiary/aromatic N) is 5. The van der Waals surface area contributed by atoms with Gasteiger partial charge in [-0.3, -0.25) is 9.78 Å². The molecule has 5 aromatic rings. The molecule has 0 unspecified atom stereocenters. The second-order valence-corrected chi connectivity index (χ2v) is 11.6. The van der Waals surface area contributed by atoms with Crippen molar-refractivity contribution in [3.05, 3.63) is 86.6 Å². The number of ether oxygens (including phenoxy) is 2. The number of alkyl halides is 3. The van der Waals surface area contributed by atoms with E-state index in [4.69, 9.17) is 32.7 Å². The van der Waals surface area contributed by atoms with Gasteiger partial charge in [-0.1, -0.05) is 53.5 Å². The zero-order chi connectivity index (χ0) is 33.3. The Hall–Kier alpha value is -4.30. The number of nitrogens with one attached hydrogen (secondary N) is 2. The number of aryl methyl sites for hydroxylation is 1. The third-order valence-corrected chi connectivity index (χ3v) is 8.63. The minimum Gasteiger partial charge on any atom is -0.480 e. The molecule has 2 N–H and O–H groups in total. The molecule has 0 atom stereocenters. The van der Waals surface area contributed by atoms with Gasteiger partial charge in [0.1, 0.15) is 17.2 Å². The highest BCUT2D eigenvalue weighted by molar-refractivity contribution is 6.39. The average molecular weight is 687 g/mol. The van der Waals surface area contributed by atoms with Crippen LogP contribution in [0.3, 0.4) is 0 Å². The molecule has 6 rings (SSSR count). The van der Waals surface area contributed by atoms with Gasteiger partial charge in [0.2, 0.25) is 5.88 Å². The van der Waals surface area contributed by atoms with Crippen LogP contribution in [-0.2, 0) is 24.5 Å². The second kappa shape index (κ2) is 13.4. The predicted molar refractivity (Wildman–Crippen MR) is 173 cm³/mol. The number of halogens is 5. The number of hydrogen-bond acceptors (Lipinski definition) is 9. The maximum atomic E-state index is 13.7. The van der Waals surface area contributed by atoms with Crippen molar-refractivity contribution in [3.63, 3.8) is 0 Å². The summed E-state index contributed by atoms with van der Waals surface area (Å²) in [6.45, 7) is 1.91. The lowest BCUT2D eigenvalue weighted by Crippen LogP contribution is -2.34. The van der Waals surface area contributed by atoms with Gasteiger partial charge in [-0.15, -0.1) is 0 Å². The first-order valence-electron chi connectivity index (χ1n) is 14.5. The standard InChI is InChI=1S/C32H28Cl2F3N7O3/c1-44-31(45)26-17(14-40-44)13-25(32(35,36)37)43-29(26)41-22-8-4-6-20(28(22)34)19-5-3-7-21(27(19)33)23-15-39-24(30(42-23)46-2)16-38-18-9-11-47-12-10-18/h3-8,13-15,18,38H,9-12,16H2,1-2H3,(H,41,43). The molecule has 2 aromatic carbocycles. The first kappa shape index (κ1) is 32.6. The summed E-state index contributed by atoms with van der Waals surface area (Å²) in [5.41, 5.74) is 1.09. The summed E-state index contributed by atoms with van der Waals surface area (Å²) >= 11 is 13.8. The van der Waals surface area contributed by atoms with Crippen LogP contribution in [-0.4, -0.2) is 51.1 Å². The number of pyridine rings is 1. The minimum atomic E-state index is -4.77. The van der Waals surface area contributed by atoms with Crippen LogP contribution in [0.1, 0.15) is 24.2 Å². The summed E-state index contributed by atoms with van der Waals surface area (Å²) in [6, 6.07) is 11.4. The zero-order valence-electron chi connectivity index (χ0n) is 25.2. The van der Waals surface area contributed by atoms with Crippen molar-refractivity contribution in [2.45, 2.75) is 31.6 Å². The lowest BCUT2D eigenvalue weighted by molar-refractivity contribution is -0.140. The molecule has 4 heterocycles. The molecule has 1 aliphatic heterocycles. The van der Waals surface area contributed by atoms with E-state index in [1.165, 1.54) is 20.4 Å². The van der Waals surface area contributed by atoms with Crippen LogP contribution in [0.2, 0.25) is 10.0 Å². The Morgan fingerprint density at radius 1 is 1.02 bits per heavy atom. The van der Waals surface area contributed by atoms with E-state index in [0.29, 0.717) is 64.8 Å².